The van der Waals surface area contributed by atoms with Gasteiger partial charge in [-0.2, -0.15) is 0 Å². The first-order valence-corrected chi connectivity index (χ1v) is 10.3. The van der Waals surface area contributed by atoms with Crippen LogP contribution in [0, 0.1) is 28.5 Å². The molecule has 0 aliphatic heterocycles. The summed E-state index contributed by atoms with van der Waals surface area (Å²) in [5.74, 6) is -0.441. The highest BCUT2D eigenvalue weighted by atomic mass is 127. The fraction of sp³-hybridized carbons (Fsp3) is 0.533. The zero-order chi connectivity index (χ0) is 16.0. The minimum absolute atomic E-state index is 0.0260. The Kier molecular flexibility index (Phi) is 5.58. The number of ether oxygens (including phenoxy) is 1. The van der Waals surface area contributed by atoms with Gasteiger partial charge in [0.15, 0.2) is 6.29 Å². The average Bonchev–Trinajstić information content (AvgIpc) is 3.02. The van der Waals surface area contributed by atoms with E-state index in [2.05, 4.69) is 73.8 Å². The van der Waals surface area contributed by atoms with Crippen molar-refractivity contribution in [3.8, 4) is 0 Å². The topological polar surface area (TPSA) is 66.8 Å². The van der Waals surface area contributed by atoms with Crippen LogP contribution in [0.25, 0.3) is 0 Å². The van der Waals surface area contributed by atoms with Crippen molar-refractivity contribution in [3.63, 3.8) is 0 Å². The Morgan fingerprint density at radius 3 is 2.50 bits per heavy atom. The summed E-state index contributed by atoms with van der Waals surface area (Å²) >= 11 is 6.72. The first-order chi connectivity index (χ1) is 10.4. The van der Waals surface area contributed by atoms with Crippen molar-refractivity contribution < 1.29 is 19.7 Å². The molecule has 4 nitrogen and oxygen atoms in total. The monoisotopic (exact) mass is 640 g/mol. The van der Waals surface area contributed by atoms with Crippen molar-refractivity contribution in [2.45, 2.75) is 31.7 Å². The predicted molar refractivity (Wildman–Crippen MR) is 106 cm³/mol. The predicted octanol–water partition coefficient (Wildman–Crippen LogP) is 4.01. The third-order valence-corrected chi connectivity index (χ3v) is 8.41. The molecule has 0 saturated heterocycles. The minimum atomic E-state index is -0.942. The van der Waals surface area contributed by atoms with Crippen molar-refractivity contribution in [1.82, 2.24) is 0 Å². The molecule has 2 aliphatic carbocycles. The van der Waals surface area contributed by atoms with Crippen LogP contribution in [0.3, 0.4) is 0 Å². The molecule has 0 radical (unpaired) electrons. The molecular weight excluding hydrogens is 625 g/mol. The van der Waals surface area contributed by atoms with Gasteiger partial charge in [-0.1, -0.05) is 0 Å². The Balaban J connectivity index is 1.70. The van der Waals surface area contributed by atoms with E-state index in [-0.39, 0.29) is 23.9 Å². The van der Waals surface area contributed by atoms with Crippen LogP contribution in [-0.4, -0.2) is 22.3 Å². The molecule has 5 unspecified atom stereocenters. The van der Waals surface area contributed by atoms with Crippen molar-refractivity contribution in [2.24, 2.45) is 17.8 Å². The third kappa shape index (κ3) is 3.42. The fourth-order valence-electron chi connectivity index (χ4n) is 3.69. The number of hydrogen-bond acceptors (Lipinski definition) is 3. The number of carboxylic acid groups (broad SMARTS) is 1. The molecule has 2 saturated carbocycles. The maximum atomic E-state index is 11.2. The van der Waals surface area contributed by atoms with Crippen LogP contribution in [0.2, 0.25) is 0 Å². The average molecular weight is 640 g/mol. The maximum absolute atomic E-state index is 11.2. The van der Waals surface area contributed by atoms with Crippen LogP contribution in [-0.2, 0) is 9.53 Å². The lowest BCUT2D eigenvalue weighted by Gasteiger charge is -2.28. The van der Waals surface area contributed by atoms with Crippen LogP contribution >= 0.6 is 67.8 Å². The summed E-state index contributed by atoms with van der Waals surface area (Å²) in [6, 6.07) is 4.01. The Bertz CT molecular complexity index is 607. The zero-order valence-electron chi connectivity index (χ0n) is 11.5. The molecule has 2 bridgehead atoms. The first kappa shape index (κ1) is 17.6. The number of halogens is 3. The zero-order valence-corrected chi connectivity index (χ0v) is 18.0. The van der Waals surface area contributed by atoms with Gasteiger partial charge >= 0.3 is 5.97 Å². The van der Waals surface area contributed by atoms with E-state index in [4.69, 9.17) is 4.74 Å². The summed E-state index contributed by atoms with van der Waals surface area (Å²) in [7, 11) is 0. The normalized spacial score (nSPS) is 31.5. The summed E-state index contributed by atoms with van der Waals surface area (Å²) in [5.41, 5.74) is 0.800. The summed E-state index contributed by atoms with van der Waals surface area (Å²) in [6.07, 6.45) is 1.37. The van der Waals surface area contributed by atoms with Gasteiger partial charge < -0.3 is 14.9 Å². The smallest absolute Gasteiger partial charge is 0.306 e. The van der Waals surface area contributed by atoms with E-state index in [1.165, 1.54) is 0 Å². The van der Waals surface area contributed by atoms with Gasteiger partial charge in [-0.3, -0.25) is 4.79 Å². The van der Waals surface area contributed by atoms with Gasteiger partial charge in [0.25, 0.3) is 0 Å². The highest BCUT2D eigenvalue weighted by Gasteiger charge is 2.49. The highest BCUT2D eigenvalue weighted by Crippen LogP contribution is 2.50. The molecular formula is C15H15I3O4. The molecule has 5 atom stereocenters. The van der Waals surface area contributed by atoms with Gasteiger partial charge in [-0.05, 0) is 111 Å². The lowest BCUT2D eigenvalue weighted by Crippen LogP contribution is -2.30. The third-order valence-electron chi connectivity index (χ3n) is 4.70. The number of benzene rings is 1. The van der Waals surface area contributed by atoms with Crippen molar-refractivity contribution in [1.29, 1.82) is 0 Å². The SMILES string of the molecule is O=C(O)C1CC2CC1CC2OC(O)c1cc(I)cc(I)c1I. The Hall–Kier alpha value is 0.800. The molecule has 3 rings (SSSR count). The number of fused-ring (bicyclic) bond motifs is 2. The molecule has 7 heteroatoms. The molecule has 0 aromatic heterocycles. The van der Waals surface area contributed by atoms with Crippen LogP contribution in [0.15, 0.2) is 12.1 Å². The second-order valence-corrected chi connectivity index (χ2v) is 9.48. The largest absolute Gasteiger partial charge is 0.481 e. The van der Waals surface area contributed by atoms with Gasteiger partial charge in [0.1, 0.15) is 0 Å². The number of aliphatic hydroxyl groups excluding tert-OH is 1. The lowest BCUT2D eigenvalue weighted by molar-refractivity contribution is -0.160. The molecule has 2 aliphatic rings. The first-order valence-electron chi connectivity index (χ1n) is 7.07. The quantitative estimate of drug-likeness (QED) is 0.297. The second kappa shape index (κ2) is 6.96. The summed E-state index contributed by atoms with van der Waals surface area (Å²) in [4.78, 5) is 11.2. The summed E-state index contributed by atoms with van der Waals surface area (Å²) in [6.45, 7) is 0. The number of aliphatic carboxylic acids is 1. The molecule has 2 fully saturated rings. The molecule has 1 aromatic rings. The van der Waals surface area contributed by atoms with Gasteiger partial charge in [-0.15, -0.1) is 0 Å². The Labute approximate surface area is 169 Å². The molecule has 2 N–H and O–H groups in total. The van der Waals surface area contributed by atoms with Crippen molar-refractivity contribution in [3.05, 3.63) is 28.4 Å². The van der Waals surface area contributed by atoms with Crippen molar-refractivity contribution in [2.75, 3.05) is 0 Å². The maximum Gasteiger partial charge on any atom is 0.306 e. The molecule has 0 amide bonds. The minimum Gasteiger partial charge on any atom is -0.481 e. The second-order valence-electron chi connectivity index (χ2n) is 5.99. The van der Waals surface area contributed by atoms with Crippen LogP contribution < -0.4 is 0 Å². The Morgan fingerprint density at radius 1 is 1.18 bits per heavy atom. The number of aliphatic hydroxyl groups is 1. The lowest BCUT2D eigenvalue weighted by atomic mass is 9.87. The standard InChI is InChI=1S/C15H15I3O4/c16-8-4-10(13(18)11(17)5-8)15(21)22-12-3-6-1-7(12)2-9(6)14(19)20/h4-7,9,12,15,21H,1-3H2,(H,19,20). The highest BCUT2D eigenvalue weighted by molar-refractivity contribution is 14.1. The van der Waals surface area contributed by atoms with E-state index in [9.17, 15) is 15.0 Å². The molecule has 0 spiro atoms. The number of rotatable bonds is 4. The molecule has 22 heavy (non-hydrogen) atoms. The Morgan fingerprint density at radius 2 is 1.91 bits per heavy atom. The number of carboxylic acids is 1. The van der Waals surface area contributed by atoms with Gasteiger partial charge in [0, 0.05) is 16.3 Å². The molecule has 120 valence electrons. The fourth-order valence-corrected chi connectivity index (χ4v) is 6.15. The van der Waals surface area contributed by atoms with E-state index in [0.29, 0.717) is 6.42 Å². The van der Waals surface area contributed by atoms with Crippen molar-refractivity contribution >= 4 is 73.7 Å². The van der Waals surface area contributed by atoms with Gasteiger partial charge in [0.05, 0.1) is 12.0 Å². The molecule has 0 heterocycles. The molecule has 1 aromatic carbocycles. The summed E-state index contributed by atoms with van der Waals surface area (Å²) in [5, 5.41) is 19.6. The van der Waals surface area contributed by atoms with E-state index in [1.807, 2.05) is 6.07 Å². The number of hydrogen-bond donors (Lipinski definition) is 2. The van der Waals surface area contributed by atoms with Crippen LogP contribution in [0.5, 0.6) is 0 Å². The number of carbonyl (C=O) groups is 1. The van der Waals surface area contributed by atoms with Gasteiger partial charge in [0.2, 0.25) is 0 Å². The van der Waals surface area contributed by atoms with E-state index in [0.717, 1.165) is 29.1 Å². The summed E-state index contributed by atoms with van der Waals surface area (Å²) < 4.78 is 9.08. The van der Waals surface area contributed by atoms with E-state index >= 15 is 0 Å². The van der Waals surface area contributed by atoms with Crippen LogP contribution in [0.4, 0.5) is 0 Å². The van der Waals surface area contributed by atoms with Gasteiger partial charge in [-0.25, -0.2) is 0 Å². The van der Waals surface area contributed by atoms with Crippen LogP contribution in [0.1, 0.15) is 31.1 Å². The van der Waals surface area contributed by atoms with E-state index in [1.54, 1.807) is 0 Å². The van der Waals surface area contributed by atoms with E-state index < -0.39 is 12.3 Å².